The zero-order valence-electron chi connectivity index (χ0n) is 6.27. The summed E-state index contributed by atoms with van der Waals surface area (Å²) in [6.45, 7) is 9.09. The van der Waals surface area contributed by atoms with Crippen molar-refractivity contribution in [3.8, 4) is 0 Å². The van der Waals surface area contributed by atoms with E-state index in [-0.39, 0.29) is 0 Å². The largest absolute Gasteiger partial charge is 0.357 e. The number of nitrogens with one attached hydrogen (secondary N) is 1. The van der Waals surface area contributed by atoms with Gasteiger partial charge in [-0.25, -0.2) is 0 Å². The van der Waals surface area contributed by atoms with Gasteiger partial charge in [0.15, 0.2) is 0 Å². The highest BCUT2D eigenvalue weighted by Gasteiger charge is 2.27. The smallest absolute Gasteiger partial charge is 0.148 e. The highest BCUT2D eigenvalue weighted by Crippen LogP contribution is 2.22. The first-order valence-electron chi connectivity index (χ1n) is 3.30. The third-order valence-electron chi connectivity index (χ3n) is 1.66. The highest BCUT2D eigenvalue weighted by atomic mass is 16.5. The van der Waals surface area contributed by atoms with Crippen LogP contribution in [0.3, 0.4) is 0 Å². The van der Waals surface area contributed by atoms with E-state index in [1.807, 2.05) is 0 Å². The molecule has 0 spiro atoms. The van der Waals surface area contributed by atoms with E-state index in [9.17, 15) is 0 Å². The Balaban J connectivity index is 2.42. The number of hydrogen-bond donors (Lipinski definition) is 1. The van der Waals surface area contributed by atoms with Gasteiger partial charge in [0.25, 0.3) is 0 Å². The van der Waals surface area contributed by atoms with Gasteiger partial charge in [-0.3, -0.25) is 5.32 Å². The third kappa shape index (κ3) is 1.66. The maximum absolute atomic E-state index is 5.05. The zero-order valence-corrected chi connectivity index (χ0v) is 6.27. The normalized spacial score (nSPS) is 29.0. The van der Waals surface area contributed by atoms with Gasteiger partial charge in [0, 0.05) is 6.04 Å². The molecule has 1 rings (SSSR count). The molecule has 1 radical (unpaired) electrons. The van der Waals surface area contributed by atoms with E-state index >= 15 is 0 Å². The molecule has 0 unspecified atom stereocenters. The van der Waals surface area contributed by atoms with Crippen LogP contribution in [0.2, 0.25) is 0 Å². The first kappa shape index (κ1) is 7.03. The van der Waals surface area contributed by atoms with Crippen LogP contribution in [-0.4, -0.2) is 12.6 Å². The van der Waals surface area contributed by atoms with Crippen molar-refractivity contribution in [1.29, 1.82) is 0 Å². The van der Waals surface area contributed by atoms with Crippen molar-refractivity contribution < 1.29 is 4.74 Å². The lowest BCUT2D eigenvalue weighted by Gasteiger charge is -2.24. The molecule has 0 saturated carbocycles. The van der Waals surface area contributed by atoms with E-state index in [0.717, 1.165) is 6.61 Å². The van der Waals surface area contributed by atoms with Gasteiger partial charge in [-0.1, -0.05) is 20.8 Å². The summed E-state index contributed by atoms with van der Waals surface area (Å²) in [5.41, 5.74) is 0.312. The van der Waals surface area contributed by atoms with E-state index < -0.39 is 0 Å². The molecule has 9 heavy (non-hydrogen) atoms. The monoisotopic (exact) mass is 128 g/mol. The van der Waals surface area contributed by atoms with Gasteiger partial charge in [-0.05, 0) is 5.41 Å². The van der Waals surface area contributed by atoms with Gasteiger partial charge in [0.1, 0.15) is 6.73 Å². The Bertz CT molecular complexity index is 89.6. The van der Waals surface area contributed by atoms with E-state index in [1.54, 1.807) is 6.73 Å². The fourth-order valence-electron chi connectivity index (χ4n) is 0.823. The van der Waals surface area contributed by atoms with Crippen LogP contribution in [-0.2, 0) is 4.74 Å². The lowest BCUT2D eigenvalue weighted by atomic mass is 9.88. The minimum atomic E-state index is 0.312. The van der Waals surface area contributed by atoms with Crippen LogP contribution in [0.4, 0.5) is 0 Å². The summed E-state index contributed by atoms with van der Waals surface area (Å²) in [4.78, 5) is 0. The molecule has 53 valence electrons. The number of rotatable bonds is 0. The van der Waals surface area contributed by atoms with Gasteiger partial charge >= 0.3 is 0 Å². The number of ether oxygens (including phenoxy) is 1. The second-order valence-corrected chi connectivity index (χ2v) is 3.54. The average Bonchev–Trinajstić information content (AvgIpc) is 2.08. The molecule has 1 fully saturated rings. The molecular weight excluding hydrogens is 114 g/mol. The molecule has 1 saturated heterocycles. The fraction of sp³-hybridized carbons (Fsp3) is 0.857. The SMILES string of the molecule is CC(C)(C)[C@H]1CO[CH]N1. The van der Waals surface area contributed by atoms with Crippen molar-refractivity contribution in [1.82, 2.24) is 5.32 Å². The van der Waals surface area contributed by atoms with Gasteiger partial charge in [0.05, 0.1) is 6.61 Å². The molecule has 1 N–H and O–H groups in total. The summed E-state index contributed by atoms with van der Waals surface area (Å²) in [6, 6.07) is 0.484. The van der Waals surface area contributed by atoms with Crippen LogP contribution in [0.15, 0.2) is 0 Å². The molecule has 0 bridgehead atoms. The van der Waals surface area contributed by atoms with E-state index in [1.165, 1.54) is 0 Å². The maximum Gasteiger partial charge on any atom is 0.148 e. The third-order valence-corrected chi connectivity index (χ3v) is 1.66. The second-order valence-electron chi connectivity index (χ2n) is 3.54. The Kier molecular flexibility index (Phi) is 1.78. The van der Waals surface area contributed by atoms with E-state index in [0.29, 0.717) is 11.5 Å². The molecule has 1 aliphatic heterocycles. The molecule has 0 aromatic heterocycles. The molecule has 0 amide bonds. The van der Waals surface area contributed by atoms with Crippen LogP contribution >= 0.6 is 0 Å². The molecule has 1 atom stereocenters. The summed E-state index contributed by atoms with van der Waals surface area (Å²) in [5, 5.41) is 3.15. The van der Waals surface area contributed by atoms with Crippen molar-refractivity contribution in [3.05, 3.63) is 6.73 Å². The molecule has 2 nitrogen and oxygen atoms in total. The van der Waals surface area contributed by atoms with Gasteiger partial charge in [-0.15, -0.1) is 0 Å². The van der Waals surface area contributed by atoms with Crippen molar-refractivity contribution in [2.24, 2.45) is 5.41 Å². The Labute approximate surface area is 56.6 Å². The summed E-state index contributed by atoms with van der Waals surface area (Å²) in [7, 11) is 0. The van der Waals surface area contributed by atoms with Crippen LogP contribution in [0.25, 0.3) is 0 Å². The predicted octanol–water partition coefficient (Wildman–Crippen LogP) is 1.14. The van der Waals surface area contributed by atoms with E-state index in [2.05, 4.69) is 26.1 Å². The first-order chi connectivity index (χ1) is 4.11. The predicted molar refractivity (Wildman–Crippen MR) is 36.6 cm³/mol. The van der Waals surface area contributed by atoms with Crippen molar-refractivity contribution >= 4 is 0 Å². The van der Waals surface area contributed by atoms with Crippen LogP contribution in [0.5, 0.6) is 0 Å². The quantitative estimate of drug-likeness (QED) is 0.528. The summed E-state index contributed by atoms with van der Waals surface area (Å²) < 4.78 is 5.05. The summed E-state index contributed by atoms with van der Waals surface area (Å²) >= 11 is 0. The highest BCUT2D eigenvalue weighted by molar-refractivity contribution is 4.85. The van der Waals surface area contributed by atoms with Gasteiger partial charge in [-0.2, -0.15) is 0 Å². The molecule has 1 heterocycles. The van der Waals surface area contributed by atoms with Crippen molar-refractivity contribution in [2.45, 2.75) is 26.8 Å². The average molecular weight is 128 g/mol. The van der Waals surface area contributed by atoms with Crippen LogP contribution < -0.4 is 5.32 Å². The summed E-state index contributed by atoms with van der Waals surface area (Å²) in [5.74, 6) is 0. The van der Waals surface area contributed by atoms with Crippen molar-refractivity contribution in [3.63, 3.8) is 0 Å². The Morgan fingerprint density at radius 1 is 1.56 bits per heavy atom. The maximum atomic E-state index is 5.05. The number of hydrogen-bond acceptors (Lipinski definition) is 2. The molecule has 0 aromatic rings. The zero-order chi connectivity index (χ0) is 6.91. The topological polar surface area (TPSA) is 21.3 Å². The minimum absolute atomic E-state index is 0.312. The fourth-order valence-corrected chi connectivity index (χ4v) is 0.823. The molecule has 2 heteroatoms. The second kappa shape index (κ2) is 2.27. The Morgan fingerprint density at radius 3 is 2.44 bits per heavy atom. The molecule has 0 aromatic carbocycles. The molecular formula is C7H14NO. The Hall–Kier alpha value is -0.0800. The standard InChI is InChI=1S/C7H14NO/c1-7(2,3)6-4-9-5-8-6/h5-6,8H,4H2,1-3H3/t6-/m1/s1. The summed E-state index contributed by atoms with van der Waals surface area (Å²) in [6.07, 6.45) is 0. The molecule has 0 aliphatic carbocycles. The Morgan fingerprint density at radius 2 is 2.22 bits per heavy atom. The first-order valence-corrected chi connectivity index (χ1v) is 3.30. The van der Waals surface area contributed by atoms with Gasteiger partial charge in [0.2, 0.25) is 0 Å². The minimum Gasteiger partial charge on any atom is -0.357 e. The molecule has 1 aliphatic rings. The van der Waals surface area contributed by atoms with Crippen LogP contribution in [0, 0.1) is 12.1 Å². The van der Waals surface area contributed by atoms with Crippen LogP contribution in [0.1, 0.15) is 20.8 Å². The van der Waals surface area contributed by atoms with Gasteiger partial charge < -0.3 is 4.74 Å². The lowest BCUT2D eigenvalue weighted by molar-refractivity contribution is 0.210. The lowest BCUT2D eigenvalue weighted by Crippen LogP contribution is -2.36. The van der Waals surface area contributed by atoms with Crippen molar-refractivity contribution in [2.75, 3.05) is 6.61 Å². The van der Waals surface area contributed by atoms with E-state index in [4.69, 9.17) is 4.74 Å².